The molecular formula is C33H44O18. The van der Waals surface area contributed by atoms with Crippen molar-refractivity contribution in [3.8, 4) is 11.5 Å². The molecule has 284 valence electrons. The minimum absolute atomic E-state index is 0.110. The topological polar surface area (TPSA) is 270 Å². The smallest absolute Gasteiger partial charge is 0.337 e. The van der Waals surface area contributed by atoms with E-state index < -0.39 is 111 Å². The summed E-state index contributed by atoms with van der Waals surface area (Å²) in [7, 11) is 2.48. The van der Waals surface area contributed by atoms with Crippen LogP contribution in [0.2, 0.25) is 0 Å². The SMILES string of the molecule is C=C[C@H]1[C@H](O[C@@H]2O[C@H](CO)[C@@H](O)[C@H](O)[C@H]2O)OC=C(C(=O)OC)[C@H]1CC(=O)OC[C@H]1O[C@@H](Oc2ccc(/C=C/CO)cc2OC)[C@H](O)[C@@H](O)[C@@H]1O. The van der Waals surface area contributed by atoms with E-state index in [1.165, 1.54) is 25.3 Å². The number of benzene rings is 1. The van der Waals surface area contributed by atoms with Crippen molar-refractivity contribution in [3.63, 3.8) is 0 Å². The minimum Gasteiger partial charge on any atom is -0.493 e. The van der Waals surface area contributed by atoms with E-state index >= 15 is 0 Å². The Balaban J connectivity index is 1.45. The molecule has 0 amide bonds. The second kappa shape index (κ2) is 18.2. The monoisotopic (exact) mass is 728 g/mol. The highest BCUT2D eigenvalue weighted by atomic mass is 16.8. The summed E-state index contributed by atoms with van der Waals surface area (Å²) in [6.45, 7) is 2.21. The number of carbonyl (C=O) groups excluding carboxylic acids is 2. The lowest BCUT2D eigenvalue weighted by atomic mass is 9.81. The van der Waals surface area contributed by atoms with E-state index in [2.05, 4.69) is 6.58 Å². The standard InChI is InChI=1S/C33H44O18/c1-4-16-17(18(30(43)45-3)13-47-31(16)51-33-29(42)26(39)24(37)21(12-35)49-33)11-23(36)46-14-22-25(38)27(40)28(41)32(50-22)48-19-8-7-15(6-5-9-34)10-20(19)44-2/h4-8,10,13,16-17,21-22,24-29,31-35,37-42H,1,9,11-12,14H2,2-3H3/b6-5+/t16-,17+,21-,22-,24-,25-,26+,27+,28-,29-,31+,32-,33+/m1/s1. The fourth-order valence-corrected chi connectivity index (χ4v) is 5.75. The lowest BCUT2D eigenvalue weighted by molar-refractivity contribution is -0.339. The molecule has 3 aliphatic heterocycles. The van der Waals surface area contributed by atoms with E-state index in [1.54, 1.807) is 18.2 Å². The van der Waals surface area contributed by atoms with Crippen LogP contribution in [0.4, 0.5) is 0 Å². The molecule has 2 saturated heterocycles. The molecule has 18 nitrogen and oxygen atoms in total. The second-order valence-electron chi connectivity index (χ2n) is 11.8. The molecule has 13 atom stereocenters. The average molecular weight is 729 g/mol. The molecule has 0 radical (unpaired) electrons. The normalized spacial score (nSPS) is 35.3. The van der Waals surface area contributed by atoms with E-state index in [1.807, 2.05) is 0 Å². The lowest BCUT2D eigenvalue weighted by Crippen LogP contribution is -2.60. The van der Waals surface area contributed by atoms with Crippen molar-refractivity contribution in [2.24, 2.45) is 11.8 Å². The number of aliphatic hydroxyl groups excluding tert-OH is 8. The summed E-state index contributed by atoms with van der Waals surface area (Å²) in [6.07, 6.45) is -12.7. The minimum atomic E-state index is -1.78. The van der Waals surface area contributed by atoms with E-state index in [-0.39, 0.29) is 23.7 Å². The first-order valence-electron chi connectivity index (χ1n) is 15.9. The van der Waals surface area contributed by atoms with Crippen LogP contribution in [0.1, 0.15) is 12.0 Å². The number of hydrogen-bond acceptors (Lipinski definition) is 18. The van der Waals surface area contributed by atoms with Crippen LogP contribution in [0.3, 0.4) is 0 Å². The molecule has 51 heavy (non-hydrogen) atoms. The van der Waals surface area contributed by atoms with Gasteiger partial charge in [0.2, 0.25) is 12.6 Å². The zero-order valence-electron chi connectivity index (χ0n) is 27.7. The van der Waals surface area contributed by atoms with Gasteiger partial charge in [-0.25, -0.2) is 4.79 Å². The van der Waals surface area contributed by atoms with Gasteiger partial charge in [-0.05, 0) is 17.7 Å². The maximum absolute atomic E-state index is 13.2. The number of hydrogen-bond donors (Lipinski definition) is 8. The maximum Gasteiger partial charge on any atom is 0.337 e. The van der Waals surface area contributed by atoms with E-state index in [0.717, 1.165) is 13.4 Å². The zero-order valence-corrected chi connectivity index (χ0v) is 27.7. The van der Waals surface area contributed by atoms with Gasteiger partial charge in [0.05, 0.1) is 45.7 Å². The third-order valence-electron chi connectivity index (χ3n) is 8.63. The molecule has 0 saturated carbocycles. The summed E-state index contributed by atoms with van der Waals surface area (Å²) < 4.78 is 43.7. The summed E-state index contributed by atoms with van der Waals surface area (Å²) in [4.78, 5) is 25.9. The van der Waals surface area contributed by atoms with Gasteiger partial charge in [0.1, 0.15) is 55.4 Å². The number of carbonyl (C=O) groups is 2. The molecule has 0 aliphatic carbocycles. The Hall–Kier alpha value is -3.66. The van der Waals surface area contributed by atoms with Crippen LogP contribution >= 0.6 is 0 Å². The van der Waals surface area contributed by atoms with Gasteiger partial charge >= 0.3 is 11.9 Å². The first kappa shape index (κ1) is 40.1. The summed E-state index contributed by atoms with van der Waals surface area (Å²) in [6, 6.07) is 4.72. The van der Waals surface area contributed by atoms with E-state index in [9.17, 15) is 45.3 Å². The Kier molecular flexibility index (Phi) is 14.3. The molecule has 4 rings (SSSR count). The van der Waals surface area contributed by atoms with Crippen LogP contribution in [-0.2, 0) is 38.0 Å². The van der Waals surface area contributed by atoms with Gasteiger partial charge in [0, 0.05) is 11.8 Å². The van der Waals surface area contributed by atoms with Gasteiger partial charge < -0.3 is 78.7 Å². The molecule has 3 heterocycles. The van der Waals surface area contributed by atoms with Gasteiger partial charge in [0.15, 0.2) is 17.8 Å². The van der Waals surface area contributed by atoms with E-state index in [4.69, 9.17) is 43.0 Å². The fourth-order valence-electron chi connectivity index (χ4n) is 5.75. The number of methoxy groups -OCH3 is 2. The third-order valence-corrected chi connectivity index (χ3v) is 8.63. The van der Waals surface area contributed by atoms with Crippen molar-refractivity contribution in [2.45, 2.75) is 74.1 Å². The van der Waals surface area contributed by atoms with Gasteiger partial charge in [0.25, 0.3) is 0 Å². The predicted octanol–water partition coefficient (Wildman–Crippen LogP) is -2.53. The van der Waals surface area contributed by atoms with Gasteiger partial charge in [-0.15, -0.1) is 6.58 Å². The van der Waals surface area contributed by atoms with Crippen LogP contribution in [0.25, 0.3) is 6.08 Å². The number of rotatable bonds is 14. The zero-order chi connectivity index (χ0) is 37.4. The van der Waals surface area contributed by atoms with Gasteiger partial charge in [-0.1, -0.05) is 24.3 Å². The Morgan fingerprint density at radius 2 is 1.53 bits per heavy atom. The van der Waals surface area contributed by atoms with Crippen molar-refractivity contribution in [2.75, 3.05) is 34.0 Å². The molecule has 1 aromatic rings. The quantitative estimate of drug-likeness (QED) is 0.0725. The van der Waals surface area contributed by atoms with Crippen LogP contribution in [-0.4, -0.2) is 155 Å². The third kappa shape index (κ3) is 9.23. The summed E-state index contributed by atoms with van der Waals surface area (Å²) in [5.41, 5.74) is 0.555. The van der Waals surface area contributed by atoms with Crippen LogP contribution in [0.15, 0.2) is 48.8 Å². The molecule has 8 N–H and O–H groups in total. The molecular weight excluding hydrogens is 684 g/mol. The Morgan fingerprint density at radius 3 is 2.16 bits per heavy atom. The number of ether oxygens (including phenoxy) is 8. The Morgan fingerprint density at radius 1 is 0.863 bits per heavy atom. The van der Waals surface area contributed by atoms with E-state index in [0.29, 0.717) is 5.56 Å². The molecule has 0 bridgehead atoms. The molecule has 0 unspecified atom stereocenters. The fraction of sp³-hybridized carbons (Fsp3) is 0.576. The molecule has 2 fully saturated rings. The summed E-state index contributed by atoms with van der Waals surface area (Å²) in [5, 5.41) is 81.0. The lowest BCUT2D eigenvalue weighted by Gasteiger charge is -2.43. The molecule has 18 heteroatoms. The summed E-state index contributed by atoms with van der Waals surface area (Å²) >= 11 is 0. The maximum atomic E-state index is 13.2. The van der Waals surface area contributed by atoms with Crippen molar-refractivity contribution >= 4 is 18.0 Å². The summed E-state index contributed by atoms with van der Waals surface area (Å²) in [5.74, 6) is -3.50. The molecule has 1 aromatic carbocycles. The first-order chi connectivity index (χ1) is 24.4. The first-order valence-corrected chi connectivity index (χ1v) is 15.9. The number of aliphatic hydroxyl groups is 8. The Labute approximate surface area is 292 Å². The number of esters is 2. The molecule has 0 aromatic heterocycles. The molecule has 0 spiro atoms. The van der Waals surface area contributed by atoms with Crippen LogP contribution in [0.5, 0.6) is 11.5 Å². The highest BCUT2D eigenvalue weighted by molar-refractivity contribution is 5.90. The van der Waals surface area contributed by atoms with Crippen LogP contribution < -0.4 is 9.47 Å². The van der Waals surface area contributed by atoms with Crippen molar-refractivity contribution in [1.29, 1.82) is 0 Å². The van der Waals surface area contributed by atoms with Crippen molar-refractivity contribution in [1.82, 2.24) is 0 Å². The largest absolute Gasteiger partial charge is 0.493 e. The highest BCUT2D eigenvalue weighted by Crippen LogP contribution is 2.38. The highest BCUT2D eigenvalue weighted by Gasteiger charge is 2.49. The predicted molar refractivity (Wildman–Crippen MR) is 169 cm³/mol. The Bertz CT molecular complexity index is 1400. The van der Waals surface area contributed by atoms with Gasteiger partial charge in [-0.3, -0.25) is 4.79 Å². The second-order valence-corrected chi connectivity index (χ2v) is 11.8. The van der Waals surface area contributed by atoms with Gasteiger partial charge in [-0.2, -0.15) is 0 Å². The molecule has 3 aliphatic rings. The van der Waals surface area contributed by atoms with Crippen molar-refractivity contribution < 1.29 is 88.3 Å². The van der Waals surface area contributed by atoms with Crippen LogP contribution in [0, 0.1) is 11.8 Å². The average Bonchev–Trinajstić information content (AvgIpc) is 3.13. The van der Waals surface area contributed by atoms with Crippen molar-refractivity contribution in [3.05, 3.63) is 54.3 Å².